The van der Waals surface area contributed by atoms with E-state index in [1.807, 2.05) is 0 Å². The number of ketones is 1. The third-order valence-electron chi connectivity index (χ3n) is 6.78. The van der Waals surface area contributed by atoms with Gasteiger partial charge < -0.3 is 15.8 Å². The van der Waals surface area contributed by atoms with Gasteiger partial charge in [-0.05, 0) is 86.0 Å². The molecule has 5 rings (SSSR count). The van der Waals surface area contributed by atoms with Crippen molar-refractivity contribution in [3.63, 3.8) is 0 Å². The van der Waals surface area contributed by atoms with Gasteiger partial charge in [0.25, 0.3) is 0 Å². The Morgan fingerprint density at radius 2 is 1.84 bits per heavy atom. The third kappa shape index (κ3) is 6.47. The number of halogens is 2. The van der Waals surface area contributed by atoms with Gasteiger partial charge in [-0.2, -0.15) is 5.10 Å². The Labute approximate surface area is 252 Å². The highest BCUT2D eigenvalue weighted by Gasteiger charge is 2.27. The van der Waals surface area contributed by atoms with E-state index in [4.69, 9.17) is 10.5 Å². The predicted octanol–water partition coefficient (Wildman–Crippen LogP) is 4.92. The van der Waals surface area contributed by atoms with Crippen LogP contribution >= 0.6 is 0 Å². The number of sulfonamides is 1. The van der Waals surface area contributed by atoms with Crippen molar-refractivity contribution in [2.45, 2.75) is 33.2 Å². The minimum Gasteiger partial charge on any atom is -0.454 e. The standard InChI is InChI=1S/C31H29F2N5O5S/c1-17(2)36-29(39)16-44(41,42)37-26-14-20-12-21(11-19(20)13-25(26)33)30(40)23-15-35-38(31(23)34)27-9-8-22(10-18(27)3)43-28-7-5-4-6-24(28)32/h4-11,13-15,17,37H,12,16,34H2,1-3H3,(H,36,39). The van der Waals surface area contributed by atoms with Gasteiger partial charge in [-0.15, -0.1) is 0 Å². The second-order valence-electron chi connectivity index (χ2n) is 10.6. The number of fused-ring (bicyclic) bond motifs is 1. The fourth-order valence-corrected chi connectivity index (χ4v) is 5.80. The summed E-state index contributed by atoms with van der Waals surface area (Å²) in [6, 6.07) is 13.2. The number of anilines is 2. The number of nitrogen functional groups attached to an aromatic ring is 1. The van der Waals surface area contributed by atoms with Crippen LogP contribution in [0.5, 0.6) is 11.5 Å². The van der Waals surface area contributed by atoms with E-state index in [0.29, 0.717) is 33.7 Å². The van der Waals surface area contributed by atoms with Crippen LogP contribution in [0, 0.1) is 18.6 Å². The quantitative estimate of drug-likeness (QED) is 0.213. The zero-order valence-corrected chi connectivity index (χ0v) is 24.8. The molecule has 44 heavy (non-hydrogen) atoms. The number of benzene rings is 3. The fraction of sp³-hybridized carbons (Fsp3) is 0.194. The Morgan fingerprint density at radius 3 is 2.55 bits per heavy atom. The number of nitrogens with one attached hydrogen (secondary N) is 2. The van der Waals surface area contributed by atoms with Crippen LogP contribution < -0.4 is 20.5 Å². The molecule has 1 heterocycles. The number of para-hydroxylation sites is 1. The Kier molecular flexibility index (Phi) is 8.24. The lowest BCUT2D eigenvalue weighted by Crippen LogP contribution is -2.36. The Bertz CT molecular complexity index is 1940. The van der Waals surface area contributed by atoms with Gasteiger partial charge in [0.1, 0.15) is 23.1 Å². The summed E-state index contributed by atoms with van der Waals surface area (Å²) in [4.78, 5) is 25.4. The van der Waals surface area contributed by atoms with Crippen molar-refractivity contribution in [2.75, 3.05) is 16.2 Å². The first-order valence-electron chi connectivity index (χ1n) is 13.6. The predicted molar refractivity (Wildman–Crippen MR) is 162 cm³/mol. The monoisotopic (exact) mass is 621 g/mol. The van der Waals surface area contributed by atoms with Crippen LogP contribution in [0.3, 0.4) is 0 Å². The SMILES string of the molecule is Cc1cc(Oc2ccccc2F)ccc1-n1ncc(C(=O)C2=Cc3cc(F)c(NS(=O)(=O)CC(=O)NC(C)C)cc3C2)c1N. The molecule has 0 aliphatic heterocycles. The van der Waals surface area contributed by atoms with Gasteiger partial charge in [-0.1, -0.05) is 12.1 Å². The smallest absolute Gasteiger partial charge is 0.241 e. The van der Waals surface area contributed by atoms with Crippen molar-refractivity contribution in [3.05, 3.63) is 100 Å². The summed E-state index contributed by atoms with van der Waals surface area (Å²) in [6.07, 6.45) is 2.96. The van der Waals surface area contributed by atoms with Crippen molar-refractivity contribution in [2.24, 2.45) is 0 Å². The molecule has 228 valence electrons. The number of ether oxygens (including phenoxy) is 1. The first-order valence-corrected chi connectivity index (χ1v) is 15.2. The Balaban J connectivity index is 1.31. The van der Waals surface area contributed by atoms with Crippen molar-refractivity contribution < 1.29 is 31.5 Å². The zero-order chi connectivity index (χ0) is 31.8. The van der Waals surface area contributed by atoms with Crippen molar-refractivity contribution in [3.8, 4) is 17.2 Å². The molecular formula is C31H29F2N5O5S. The van der Waals surface area contributed by atoms with E-state index in [-0.39, 0.29) is 35.3 Å². The van der Waals surface area contributed by atoms with E-state index in [1.54, 1.807) is 51.1 Å². The molecule has 13 heteroatoms. The summed E-state index contributed by atoms with van der Waals surface area (Å²) in [5.74, 6) is -2.80. The molecule has 10 nitrogen and oxygen atoms in total. The lowest BCUT2D eigenvalue weighted by Gasteiger charge is -2.12. The average Bonchev–Trinajstić information content (AvgIpc) is 3.52. The van der Waals surface area contributed by atoms with E-state index in [2.05, 4.69) is 15.1 Å². The maximum absolute atomic E-state index is 14.8. The number of Topliss-reactive ketones (excluding diaryl/α,β-unsaturated/α-hetero) is 1. The molecule has 4 aromatic rings. The van der Waals surface area contributed by atoms with E-state index in [9.17, 15) is 26.8 Å². The number of hydrogen-bond donors (Lipinski definition) is 3. The van der Waals surface area contributed by atoms with Crippen LogP contribution in [0.15, 0.2) is 66.4 Å². The Hall–Kier alpha value is -5.04. The number of nitrogens with two attached hydrogens (primary N) is 1. The number of hydrogen-bond acceptors (Lipinski definition) is 7. The summed E-state index contributed by atoms with van der Waals surface area (Å²) >= 11 is 0. The van der Waals surface area contributed by atoms with Crippen LogP contribution in [0.1, 0.15) is 40.9 Å². The molecule has 0 spiro atoms. The summed E-state index contributed by atoms with van der Waals surface area (Å²) in [6.45, 7) is 5.17. The number of rotatable bonds is 10. The lowest BCUT2D eigenvalue weighted by atomic mass is 10.0. The summed E-state index contributed by atoms with van der Waals surface area (Å²) < 4.78 is 62.9. The third-order valence-corrected chi connectivity index (χ3v) is 7.95. The normalized spacial score (nSPS) is 12.5. The maximum atomic E-state index is 14.8. The molecule has 4 N–H and O–H groups in total. The zero-order valence-electron chi connectivity index (χ0n) is 24.0. The van der Waals surface area contributed by atoms with Crippen LogP contribution in [0.4, 0.5) is 20.3 Å². The number of carbonyl (C=O) groups is 2. The first kappa shape index (κ1) is 30.4. The summed E-state index contributed by atoms with van der Waals surface area (Å²) in [5.41, 5.74) is 8.68. The topological polar surface area (TPSA) is 145 Å². The minimum absolute atomic E-state index is 0.0791. The fourth-order valence-electron chi connectivity index (χ4n) is 4.81. The highest BCUT2D eigenvalue weighted by molar-refractivity contribution is 7.93. The molecule has 0 bridgehead atoms. The Morgan fingerprint density at radius 1 is 1.09 bits per heavy atom. The van der Waals surface area contributed by atoms with E-state index < -0.39 is 39.1 Å². The van der Waals surface area contributed by atoms with Crippen LogP contribution in [0.2, 0.25) is 0 Å². The molecule has 0 saturated carbocycles. The molecule has 1 aliphatic carbocycles. The molecule has 0 unspecified atom stereocenters. The molecule has 0 fully saturated rings. The second kappa shape index (κ2) is 11.9. The van der Waals surface area contributed by atoms with Gasteiger partial charge in [0, 0.05) is 18.0 Å². The van der Waals surface area contributed by atoms with Crippen molar-refractivity contribution in [1.82, 2.24) is 15.1 Å². The minimum atomic E-state index is -4.18. The van der Waals surface area contributed by atoms with Gasteiger partial charge in [0.2, 0.25) is 15.9 Å². The first-order chi connectivity index (χ1) is 20.8. The lowest BCUT2D eigenvalue weighted by molar-refractivity contribution is -0.119. The summed E-state index contributed by atoms with van der Waals surface area (Å²) in [7, 11) is -4.18. The van der Waals surface area contributed by atoms with Gasteiger partial charge in [-0.25, -0.2) is 21.9 Å². The number of amides is 1. The molecule has 3 aromatic carbocycles. The molecule has 0 saturated heterocycles. The van der Waals surface area contributed by atoms with E-state index in [0.717, 1.165) is 6.07 Å². The van der Waals surface area contributed by atoms with Crippen LogP contribution in [-0.4, -0.2) is 41.7 Å². The van der Waals surface area contributed by atoms with Crippen molar-refractivity contribution >= 4 is 39.3 Å². The second-order valence-corrected chi connectivity index (χ2v) is 12.3. The van der Waals surface area contributed by atoms with Gasteiger partial charge in [-0.3, -0.25) is 14.3 Å². The average molecular weight is 622 g/mol. The summed E-state index contributed by atoms with van der Waals surface area (Å²) in [5, 5.41) is 6.77. The number of aromatic nitrogens is 2. The number of allylic oxidation sites excluding steroid dienone is 1. The van der Waals surface area contributed by atoms with Gasteiger partial charge in [0.05, 0.1) is 23.1 Å². The highest BCUT2D eigenvalue weighted by atomic mass is 32.2. The molecule has 1 aromatic heterocycles. The molecule has 0 atom stereocenters. The molecule has 1 aliphatic rings. The number of aryl methyl sites for hydroxylation is 1. The van der Waals surface area contributed by atoms with Crippen LogP contribution in [-0.2, 0) is 21.2 Å². The van der Waals surface area contributed by atoms with Gasteiger partial charge in [0.15, 0.2) is 17.3 Å². The van der Waals surface area contributed by atoms with Crippen LogP contribution in [0.25, 0.3) is 11.8 Å². The highest BCUT2D eigenvalue weighted by Crippen LogP contribution is 2.34. The number of carbonyl (C=O) groups excluding carboxylic acids is 2. The molecular weight excluding hydrogens is 592 g/mol. The molecule has 1 amide bonds. The molecule has 0 radical (unpaired) electrons. The van der Waals surface area contributed by atoms with Crippen molar-refractivity contribution in [1.29, 1.82) is 0 Å². The van der Waals surface area contributed by atoms with E-state index in [1.165, 1.54) is 35.2 Å². The van der Waals surface area contributed by atoms with Gasteiger partial charge >= 0.3 is 0 Å². The largest absolute Gasteiger partial charge is 0.454 e. The maximum Gasteiger partial charge on any atom is 0.241 e. The van der Waals surface area contributed by atoms with E-state index >= 15 is 0 Å². The number of nitrogens with zero attached hydrogens (tertiary/aromatic N) is 2.